The van der Waals surface area contributed by atoms with Gasteiger partial charge in [-0.05, 0) is 56.5 Å². The molecule has 0 bridgehead atoms. The number of esters is 1. The maximum Gasteiger partial charge on any atom is 0.416 e. The van der Waals surface area contributed by atoms with Crippen molar-refractivity contribution in [3.05, 3.63) is 35.4 Å². The minimum atomic E-state index is -4.37. The van der Waals surface area contributed by atoms with Gasteiger partial charge in [-0.15, -0.1) is 0 Å². The third-order valence-corrected chi connectivity index (χ3v) is 6.37. The Labute approximate surface area is 167 Å². The fourth-order valence-electron chi connectivity index (χ4n) is 4.98. The molecule has 1 saturated heterocycles. The first-order valence-electron chi connectivity index (χ1n) is 10.1. The Kier molecular flexibility index (Phi) is 5.55. The molecule has 2 heterocycles. The number of carbonyl (C=O) groups excluding carboxylic acids is 1. The number of ether oxygens (including phenoxy) is 1. The van der Waals surface area contributed by atoms with Crippen LogP contribution >= 0.6 is 0 Å². The molecule has 29 heavy (non-hydrogen) atoms. The van der Waals surface area contributed by atoms with Gasteiger partial charge in [0.2, 0.25) is 0 Å². The van der Waals surface area contributed by atoms with Gasteiger partial charge < -0.3 is 9.57 Å². The summed E-state index contributed by atoms with van der Waals surface area (Å²) < 4.78 is 43.7. The van der Waals surface area contributed by atoms with Crippen LogP contribution in [-0.4, -0.2) is 48.9 Å². The van der Waals surface area contributed by atoms with Crippen molar-refractivity contribution < 1.29 is 27.5 Å². The molecule has 1 aromatic rings. The molecule has 2 aliphatic heterocycles. The number of oxime groups is 1. The number of nitrogens with zero attached hydrogens (tertiary/aromatic N) is 2. The van der Waals surface area contributed by atoms with Crippen LogP contribution < -0.4 is 0 Å². The quantitative estimate of drug-likeness (QED) is 0.710. The minimum Gasteiger partial charge on any atom is -0.469 e. The van der Waals surface area contributed by atoms with E-state index in [1.54, 1.807) is 0 Å². The third-order valence-electron chi connectivity index (χ3n) is 6.37. The summed E-state index contributed by atoms with van der Waals surface area (Å²) in [5.74, 6) is -0.559. The third kappa shape index (κ3) is 3.86. The number of hydrogen-bond acceptors (Lipinski definition) is 5. The summed E-state index contributed by atoms with van der Waals surface area (Å²) >= 11 is 0. The summed E-state index contributed by atoms with van der Waals surface area (Å²) in [5, 5.41) is 4.28. The number of likely N-dealkylation sites (tertiary alicyclic amines) is 1. The second-order valence-electron chi connectivity index (χ2n) is 8.02. The zero-order valence-electron chi connectivity index (χ0n) is 16.3. The summed E-state index contributed by atoms with van der Waals surface area (Å²) in [5.41, 5.74) is 0.638. The van der Waals surface area contributed by atoms with Crippen molar-refractivity contribution in [3.63, 3.8) is 0 Å². The monoisotopic (exact) mass is 410 g/mol. The molecule has 0 spiro atoms. The lowest BCUT2D eigenvalue weighted by molar-refractivity contribution is -0.151. The van der Waals surface area contributed by atoms with Gasteiger partial charge in [-0.2, -0.15) is 13.2 Å². The van der Waals surface area contributed by atoms with E-state index < -0.39 is 11.7 Å². The van der Waals surface area contributed by atoms with Crippen molar-refractivity contribution in [1.29, 1.82) is 0 Å². The summed E-state index contributed by atoms with van der Waals surface area (Å²) in [4.78, 5) is 20.7. The highest BCUT2D eigenvalue weighted by Crippen LogP contribution is 2.40. The number of benzene rings is 1. The normalized spacial score (nSPS) is 30.3. The minimum absolute atomic E-state index is 0.0491. The number of hydrogen-bond donors (Lipinski definition) is 0. The molecule has 4 rings (SSSR count). The van der Waals surface area contributed by atoms with Gasteiger partial charge in [0.1, 0.15) is 0 Å². The molecule has 0 amide bonds. The van der Waals surface area contributed by atoms with Crippen LogP contribution in [0.25, 0.3) is 0 Å². The number of rotatable bonds is 3. The number of alkyl halides is 3. The summed E-state index contributed by atoms with van der Waals surface area (Å²) in [7, 11) is 1.41. The lowest BCUT2D eigenvalue weighted by Crippen LogP contribution is -2.51. The van der Waals surface area contributed by atoms with Crippen molar-refractivity contribution in [2.24, 2.45) is 17.0 Å². The van der Waals surface area contributed by atoms with Crippen molar-refractivity contribution in [2.75, 3.05) is 20.2 Å². The summed E-state index contributed by atoms with van der Waals surface area (Å²) in [6, 6.07) is 4.95. The predicted molar refractivity (Wildman–Crippen MR) is 100 cm³/mol. The van der Waals surface area contributed by atoms with Crippen molar-refractivity contribution >= 4 is 11.7 Å². The lowest BCUT2D eigenvalue weighted by Gasteiger charge is -2.36. The maximum absolute atomic E-state index is 12.9. The standard InChI is InChI=1S/C21H25F3N2O3/c1-28-20(27)16-6-4-5-15-17(13-7-9-14(10-8-13)21(22,23)24)25-29-19(15)18(16)26-11-2-3-12-26/h7-10,15-16,18-19H,2-6,11-12H2,1H3. The molecule has 0 radical (unpaired) electrons. The van der Waals surface area contributed by atoms with Crippen LogP contribution in [0.2, 0.25) is 0 Å². The smallest absolute Gasteiger partial charge is 0.416 e. The lowest BCUT2D eigenvalue weighted by atomic mass is 9.84. The molecule has 0 aromatic heterocycles. The Bertz CT molecular complexity index is 772. The van der Waals surface area contributed by atoms with Crippen LogP contribution in [0.5, 0.6) is 0 Å². The first-order chi connectivity index (χ1) is 13.9. The highest BCUT2D eigenvalue weighted by atomic mass is 19.4. The zero-order valence-corrected chi connectivity index (χ0v) is 16.3. The van der Waals surface area contributed by atoms with Gasteiger partial charge in [0.25, 0.3) is 0 Å². The molecule has 1 aliphatic carbocycles. The van der Waals surface area contributed by atoms with Crippen LogP contribution in [-0.2, 0) is 20.5 Å². The van der Waals surface area contributed by atoms with Gasteiger partial charge in [0.15, 0.2) is 6.10 Å². The van der Waals surface area contributed by atoms with Crippen LogP contribution in [0.4, 0.5) is 13.2 Å². The topological polar surface area (TPSA) is 51.1 Å². The molecule has 3 aliphatic rings. The van der Waals surface area contributed by atoms with Gasteiger partial charge in [0, 0.05) is 5.92 Å². The number of fused-ring (bicyclic) bond motifs is 1. The Morgan fingerprint density at radius 3 is 2.45 bits per heavy atom. The highest BCUT2D eigenvalue weighted by molar-refractivity contribution is 6.03. The van der Waals surface area contributed by atoms with E-state index in [0.29, 0.717) is 17.7 Å². The van der Waals surface area contributed by atoms with Crippen LogP contribution in [0.3, 0.4) is 0 Å². The fourth-order valence-corrected chi connectivity index (χ4v) is 4.98. The first-order valence-corrected chi connectivity index (χ1v) is 10.1. The molecule has 5 nitrogen and oxygen atoms in total. The molecule has 1 aromatic carbocycles. The van der Waals surface area contributed by atoms with Crippen LogP contribution in [0.15, 0.2) is 29.4 Å². The predicted octanol–water partition coefficient (Wildman–Crippen LogP) is 3.86. The van der Waals surface area contributed by atoms with Gasteiger partial charge in [-0.1, -0.05) is 23.7 Å². The average Bonchev–Trinajstić information content (AvgIpc) is 3.34. The molecule has 2 fully saturated rings. The van der Waals surface area contributed by atoms with Crippen LogP contribution in [0.1, 0.15) is 43.2 Å². The Balaban J connectivity index is 1.61. The van der Waals surface area contributed by atoms with E-state index in [9.17, 15) is 18.0 Å². The first kappa shape index (κ1) is 20.2. The molecule has 0 N–H and O–H groups in total. The number of halogens is 3. The van der Waals surface area contributed by atoms with E-state index in [2.05, 4.69) is 10.1 Å². The van der Waals surface area contributed by atoms with E-state index in [4.69, 9.17) is 9.57 Å². The van der Waals surface area contributed by atoms with Gasteiger partial charge in [0.05, 0.1) is 30.3 Å². The van der Waals surface area contributed by atoms with Crippen molar-refractivity contribution in [1.82, 2.24) is 4.90 Å². The van der Waals surface area contributed by atoms with Gasteiger partial charge in [-0.25, -0.2) is 0 Å². The van der Waals surface area contributed by atoms with E-state index in [1.165, 1.54) is 19.2 Å². The molecule has 158 valence electrons. The molecule has 4 unspecified atom stereocenters. The van der Waals surface area contributed by atoms with Crippen molar-refractivity contribution in [2.45, 2.75) is 50.4 Å². The van der Waals surface area contributed by atoms with Crippen molar-refractivity contribution in [3.8, 4) is 0 Å². The number of carbonyl (C=O) groups is 1. The van der Waals surface area contributed by atoms with E-state index in [1.807, 2.05) is 0 Å². The molecule has 8 heteroatoms. The number of methoxy groups -OCH3 is 1. The molecular weight excluding hydrogens is 385 g/mol. The largest absolute Gasteiger partial charge is 0.469 e. The van der Waals surface area contributed by atoms with Crippen LogP contribution in [0, 0.1) is 11.8 Å². The molecular formula is C21H25F3N2O3. The summed E-state index contributed by atoms with van der Waals surface area (Å²) in [6.07, 6.45) is -0.201. The SMILES string of the molecule is COC(=O)C1CCCC2C(c3ccc(C(F)(F)F)cc3)=NOC2C1N1CCCC1. The van der Waals surface area contributed by atoms with E-state index in [-0.39, 0.29) is 30.0 Å². The fraction of sp³-hybridized carbons (Fsp3) is 0.619. The van der Waals surface area contributed by atoms with E-state index in [0.717, 1.165) is 50.9 Å². The zero-order chi connectivity index (χ0) is 20.6. The summed E-state index contributed by atoms with van der Waals surface area (Å²) in [6.45, 7) is 1.81. The Morgan fingerprint density at radius 2 is 1.83 bits per heavy atom. The Hall–Kier alpha value is -2.09. The van der Waals surface area contributed by atoms with Gasteiger partial charge in [-0.3, -0.25) is 9.69 Å². The Morgan fingerprint density at radius 1 is 1.14 bits per heavy atom. The highest BCUT2D eigenvalue weighted by Gasteiger charge is 2.50. The molecule has 4 atom stereocenters. The maximum atomic E-state index is 12.9. The van der Waals surface area contributed by atoms with Gasteiger partial charge >= 0.3 is 12.1 Å². The second-order valence-corrected chi connectivity index (χ2v) is 8.02. The average molecular weight is 410 g/mol. The second kappa shape index (κ2) is 7.97. The molecule has 1 saturated carbocycles. The van der Waals surface area contributed by atoms with E-state index >= 15 is 0 Å².